The molecule has 1 aromatic carbocycles. The molecule has 0 radical (unpaired) electrons. The molecule has 0 spiro atoms. The third-order valence-electron chi connectivity index (χ3n) is 3.63. The predicted octanol–water partition coefficient (Wildman–Crippen LogP) is 2.42. The molecule has 0 unspecified atom stereocenters. The Bertz CT molecular complexity index is 624. The quantitative estimate of drug-likeness (QED) is 0.892. The van der Waals surface area contributed by atoms with E-state index in [-0.39, 0.29) is 11.9 Å². The van der Waals surface area contributed by atoms with Crippen LogP contribution in [0.2, 0.25) is 0 Å². The van der Waals surface area contributed by atoms with Gasteiger partial charge in [-0.3, -0.25) is 14.7 Å². The average Bonchev–Trinajstić information content (AvgIpc) is 2.96. The highest BCUT2D eigenvalue weighted by atomic mass is 16.2. The van der Waals surface area contributed by atoms with Crippen LogP contribution in [-0.4, -0.2) is 35.8 Å². The van der Waals surface area contributed by atoms with Crippen LogP contribution in [-0.2, 0) is 4.79 Å². The van der Waals surface area contributed by atoms with Crippen molar-refractivity contribution >= 4 is 29.1 Å². The number of amidine groups is 1. The van der Waals surface area contributed by atoms with Crippen LogP contribution < -0.4 is 10.6 Å². The third kappa shape index (κ3) is 2.61. The summed E-state index contributed by atoms with van der Waals surface area (Å²) in [5, 5.41) is 5.73. The van der Waals surface area contributed by atoms with Gasteiger partial charge in [0.05, 0.1) is 12.2 Å². The molecule has 6 heteroatoms. The zero-order chi connectivity index (χ0) is 14.8. The van der Waals surface area contributed by atoms with Crippen LogP contribution in [0.1, 0.15) is 31.7 Å². The van der Waals surface area contributed by atoms with Crippen molar-refractivity contribution in [2.75, 3.05) is 23.7 Å². The lowest BCUT2D eigenvalue weighted by Crippen LogP contribution is -2.42. The van der Waals surface area contributed by atoms with Crippen molar-refractivity contribution in [1.29, 1.82) is 0 Å². The minimum absolute atomic E-state index is 0.0156. The van der Waals surface area contributed by atoms with E-state index in [2.05, 4.69) is 22.5 Å². The highest BCUT2D eigenvalue weighted by Crippen LogP contribution is 2.28. The Balaban J connectivity index is 1.83. The molecular formula is C15H18N4O2. The molecule has 0 saturated carbocycles. The van der Waals surface area contributed by atoms with E-state index in [4.69, 9.17) is 0 Å². The van der Waals surface area contributed by atoms with E-state index in [9.17, 15) is 9.59 Å². The molecule has 0 atom stereocenters. The molecule has 6 nitrogen and oxygen atoms in total. The molecule has 110 valence electrons. The number of hydrogen-bond donors (Lipinski definition) is 2. The summed E-state index contributed by atoms with van der Waals surface area (Å²) in [6.45, 7) is 3.28. The highest BCUT2D eigenvalue weighted by Gasteiger charge is 2.31. The highest BCUT2D eigenvalue weighted by molar-refractivity contribution is 6.19. The average molecular weight is 286 g/mol. The van der Waals surface area contributed by atoms with E-state index in [0.29, 0.717) is 25.3 Å². The number of urea groups is 1. The zero-order valence-electron chi connectivity index (χ0n) is 12.0. The summed E-state index contributed by atoms with van der Waals surface area (Å²) >= 11 is 0. The van der Waals surface area contributed by atoms with Crippen molar-refractivity contribution in [3.05, 3.63) is 23.8 Å². The number of amides is 3. The number of nitrogens with one attached hydrogen (secondary N) is 2. The molecule has 0 saturated heterocycles. The van der Waals surface area contributed by atoms with Crippen LogP contribution in [0.15, 0.2) is 23.2 Å². The Morgan fingerprint density at radius 2 is 2.33 bits per heavy atom. The number of benzene rings is 1. The molecule has 3 rings (SSSR count). The lowest BCUT2D eigenvalue weighted by molar-refractivity contribution is -0.116. The van der Waals surface area contributed by atoms with Crippen molar-refractivity contribution in [2.45, 2.75) is 26.2 Å². The molecule has 2 N–H and O–H groups in total. The van der Waals surface area contributed by atoms with Gasteiger partial charge in [-0.2, -0.15) is 0 Å². The predicted molar refractivity (Wildman–Crippen MR) is 81.7 cm³/mol. The SMILES string of the molecule is CCCCC(=O)Nc1ccc2c(c1)C1=NCCN1C(=O)N2. The minimum Gasteiger partial charge on any atom is -0.326 e. The van der Waals surface area contributed by atoms with Crippen LogP contribution in [0.25, 0.3) is 0 Å². The number of rotatable bonds is 4. The van der Waals surface area contributed by atoms with Crippen molar-refractivity contribution in [1.82, 2.24) is 4.90 Å². The maximum atomic E-state index is 11.9. The van der Waals surface area contributed by atoms with Gasteiger partial charge in [0.1, 0.15) is 5.84 Å². The molecular weight excluding hydrogens is 268 g/mol. The molecule has 3 amide bonds. The summed E-state index contributed by atoms with van der Waals surface area (Å²) in [6, 6.07) is 5.34. The van der Waals surface area contributed by atoms with Gasteiger partial charge in [0, 0.05) is 24.2 Å². The topological polar surface area (TPSA) is 73.8 Å². The Kier molecular flexibility index (Phi) is 3.60. The number of anilines is 2. The fourth-order valence-corrected chi connectivity index (χ4v) is 2.53. The van der Waals surface area contributed by atoms with Gasteiger partial charge in [-0.05, 0) is 24.6 Å². The minimum atomic E-state index is -0.140. The smallest absolute Gasteiger partial charge is 0.326 e. The summed E-state index contributed by atoms with van der Waals surface area (Å²) in [4.78, 5) is 29.7. The monoisotopic (exact) mass is 286 g/mol. The first-order chi connectivity index (χ1) is 10.2. The van der Waals surface area contributed by atoms with Gasteiger partial charge in [0.25, 0.3) is 0 Å². The van der Waals surface area contributed by atoms with Crippen LogP contribution in [0.4, 0.5) is 16.2 Å². The summed E-state index contributed by atoms with van der Waals surface area (Å²) in [6.07, 6.45) is 2.40. The van der Waals surface area contributed by atoms with E-state index in [1.54, 1.807) is 17.0 Å². The normalized spacial score (nSPS) is 16.0. The molecule has 0 fully saturated rings. The number of unbranched alkanes of at least 4 members (excludes halogenated alkanes) is 1. The molecule has 1 aromatic rings. The molecule has 2 heterocycles. The number of hydrogen-bond acceptors (Lipinski definition) is 3. The van der Waals surface area contributed by atoms with Gasteiger partial charge in [-0.25, -0.2) is 4.79 Å². The van der Waals surface area contributed by atoms with Crippen LogP contribution in [0.3, 0.4) is 0 Å². The summed E-state index contributed by atoms with van der Waals surface area (Å²) in [5.74, 6) is 0.709. The fourth-order valence-electron chi connectivity index (χ4n) is 2.53. The van der Waals surface area contributed by atoms with Gasteiger partial charge >= 0.3 is 6.03 Å². The van der Waals surface area contributed by atoms with E-state index in [0.717, 1.165) is 29.8 Å². The molecule has 2 aliphatic rings. The molecule has 2 aliphatic heterocycles. The number of carbonyl (C=O) groups is 2. The molecule has 0 aromatic heterocycles. The van der Waals surface area contributed by atoms with Crippen molar-refractivity contribution < 1.29 is 9.59 Å². The first-order valence-corrected chi connectivity index (χ1v) is 7.26. The summed E-state index contributed by atoms with van der Waals surface area (Å²) < 4.78 is 0. The lowest BCUT2D eigenvalue weighted by Gasteiger charge is -2.26. The zero-order valence-corrected chi connectivity index (χ0v) is 12.0. The maximum Gasteiger partial charge on any atom is 0.327 e. The van der Waals surface area contributed by atoms with Crippen molar-refractivity contribution in [3.63, 3.8) is 0 Å². The van der Waals surface area contributed by atoms with E-state index < -0.39 is 0 Å². The Morgan fingerprint density at radius 1 is 1.48 bits per heavy atom. The second-order valence-corrected chi connectivity index (χ2v) is 5.20. The van der Waals surface area contributed by atoms with Gasteiger partial charge in [-0.15, -0.1) is 0 Å². The number of carbonyl (C=O) groups excluding carboxylic acids is 2. The number of aliphatic imine (C=N–C) groups is 1. The van der Waals surface area contributed by atoms with Gasteiger partial charge < -0.3 is 10.6 Å². The maximum absolute atomic E-state index is 11.9. The summed E-state index contributed by atoms with van der Waals surface area (Å²) in [7, 11) is 0. The van der Waals surface area contributed by atoms with E-state index >= 15 is 0 Å². The second kappa shape index (κ2) is 5.55. The van der Waals surface area contributed by atoms with E-state index in [1.165, 1.54) is 0 Å². The molecule has 0 bridgehead atoms. The van der Waals surface area contributed by atoms with Crippen LogP contribution in [0, 0.1) is 0 Å². The number of nitrogens with zero attached hydrogens (tertiary/aromatic N) is 2. The standard InChI is InChI=1S/C15H18N4O2/c1-2-3-4-13(20)17-10-5-6-12-11(9-10)14-16-7-8-19(14)15(21)18-12/h5-6,9H,2-4,7-8H2,1H3,(H,17,20)(H,18,21). The Morgan fingerprint density at radius 3 is 3.14 bits per heavy atom. The lowest BCUT2D eigenvalue weighted by atomic mass is 10.1. The number of fused-ring (bicyclic) bond motifs is 3. The largest absolute Gasteiger partial charge is 0.327 e. The Hall–Kier alpha value is -2.37. The van der Waals surface area contributed by atoms with Crippen LogP contribution >= 0.6 is 0 Å². The third-order valence-corrected chi connectivity index (χ3v) is 3.63. The van der Waals surface area contributed by atoms with Crippen LogP contribution in [0.5, 0.6) is 0 Å². The van der Waals surface area contributed by atoms with Gasteiger partial charge in [0.15, 0.2) is 0 Å². The summed E-state index contributed by atoms with van der Waals surface area (Å²) in [5.41, 5.74) is 2.34. The molecule has 0 aliphatic carbocycles. The second-order valence-electron chi connectivity index (χ2n) is 5.20. The van der Waals surface area contributed by atoms with Crippen molar-refractivity contribution in [3.8, 4) is 0 Å². The van der Waals surface area contributed by atoms with Gasteiger partial charge in [0.2, 0.25) is 5.91 Å². The first kappa shape index (κ1) is 13.6. The van der Waals surface area contributed by atoms with E-state index in [1.807, 2.05) is 6.07 Å². The first-order valence-electron chi connectivity index (χ1n) is 7.26. The van der Waals surface area contributed by atoms with Crippen molar-refractivity contribution in [2.24, 2.45) is 4.99 Å². The Labute approximate surface area is 123 Å². The fraction of sp³-hybridized carbons (Fsp3) is 0.400. The molecule has 21 heavy (non-hydrogen) atoms. The van der Waals surface area contributed by atoms with Gasteiger partial charge in [-0.1, -0.05) is 13.3 Å².